The summed E-state index contributed by atoms with van der Waals surface area (Å²) in [4.78, 5) is 12.0. The second kappa shape index (κ2) is 7.25. The van der Waals surface area contributed by atoms with Gasteiger partial charge in [0.25, 0.3) is 0 Å². The zero-order valence-corrected chi connectivity index (χ0v) is 14.4. The molecule has 112 valence electrons. The molecular weight excluding hydrogens is 290 g/mol. The molecule has 1 aromatic rings. The first-order chi connectivity index (χ1) is 9.20. The van der Waals surface area contributed by atoms with Gasteiger partial charge in [-0.05, 0) is 23.7 Å². The Balaban J connectivity index is 2.53. The fourth-order valence-corrected chi connectivity index (χ4v) is 2.57. The van der Waals surface area contributed by atoms with Gasteiger partial charge in [-0.3, -0.25) is 4.79 Å². The summed E-state index contributed by atoms with van der Waals surface area (Å²) in [7, 11) is -1.19. The third-order valence-corrected chi connectivity index (χ3v) is 5.26. The Labute approximate surface area is 127 Å². The standard InChI is InChI=1S/C15H24ClNO2Si/c1-11(12-5-7-13(16)8-6-12)14(17)15(18)19-9-10-20(2,3)4/h5-8,11,14H,9-10,17H2,1-4H3/t11-,14-/m1/s1. The van der Waals surface area contributed by atoms with E-state index in [-0.39, 0.29) is 11.9 Å². The van der Waals surface area contributed by atoms with Crippen molar-refractivity contribution in [1.82, 2.24) is 0 Å². The highest BCUT2D eigenvalue weighted by molar-refractivity contribution is 6.76. The molecule has 0 radical (unpaired) electrons. The maximum Gasteiger partial charge on any atom is 0.323 e. The molecule has 0 bridgehead atoms. The molecule has 3 nitrogen and oxygen atoms in total. The van der Waals surface area contributed by atoms with Crippen molar-refractivity contribution in [3.63, 3.8) is 0 Å². The third kappa shape index (κ3) is 5.65. The van der Waals surface area contributed by atoms with Crippen molar-refractivity contribution < 1.29 is 9.53 Å². The lowest BCUT2D eigenvalue weighted by Crippen LogP contribution is -2.37. The lowest BCUT2D eigenvalue weighted by molar-refractivity contribution is -0.145. The molecular formula is C15H24ClNO2Si. The van der Waals surface area contributed by atoms with E-state index in [2.05, 4.69) is 19.6 Å². The second-order valence-corrected chi connectivity index (χ2v) is 12.4. The van der Waals surface area contributed by atoms with Crippen LogP contribution in [0.2, 0.25) is 30.7 Å². The van der Waals surface area contributed by atoms with Crippen molar-refractivity contribution in [1.29, 1.82) is 0 Å². The van der Waals surface area contributed by atoms with Gasteiger partial charge in [-0.25, -0.2) is 0 Å². The molecule has 0 aliphatic heterocycles. The molecule has 0 saturated carbocycles. The monoisotopic (exact) mass is 313 g/mol. The first-order valence-corrected chi connectivity index (χ1v) is 11.0. The minimum absolute atomic E-state index is 0.0911. The summed E-state index contributed by atoms with van der Waals surface area (Å²) in [5, 5.41) is 0.673. The van der Waals surface area contributed by atoms with E-state index in [0.29, 0.717) is 11.6 Å². The van der Waals surface area contributed by atoms with E-state index in [1.54, 1.807) is 12.1 Å². The van der Waals surface area contributed by atoms with Crippen LogP contribution in [0.4, 0.5) is 0 Å². The van der Waals surface area contributed by atoms with Crippen molar-refractivity contribution in [3.05, 3.63) is 34.9 Å². The normalized spacial score (nSPS) is 14.7. The molecule has 0 fully saturated rings. The summed E-state index contributed by atoms with van der Waals surface area (Å²) in [6.07, 6.45) is 0. The van der Waals surface area contributed by atoms with Crippen LogP contribution >= 0.6 is 11.6 Å². The minimum Gasteiger partial charge on any atom is -0.465 e. The van der Waals surface area contributed by atoms with Crippen molar-refractivity contribution in [2.75, 3.05) is 6.61 Å². The van der Waals surface area contributed by atoms with Crippen LogP contribution in [-0.2, 0) is 9.53 Å². The molecule has 2 N–H and O–H groups in total. The topological polar surface area (TPSA) is 52.3 Å². The molecule has 0 unspecified atom stereocenters. The number of nitrogens with two attached hydrogens (primary N) is 1. The Kier molecular flexibility index (Phi) is 6.24. The number of halogens is 1. The van der Waals surface area contributed by atoms with Crippen LogP contribution in [0.3, 0.4) is 0 Å². The molecule has 2 atom stereocenters. The number of carbonyl (C=O) groups is 1. The summed E-state index contributed by atoms with van der Waals surface area (Å²) in [5.74, 6) is -0.419. The van der Waals surface area contributed by atoms with Gasteiger partial charge in [0.05, 0.1) is 6.61 Å². The molecule has 0 aromatic heterocycles. The molecule has 0 heterocycles. The smallest absolute Gasteiger partial charge is 0.323 e. The van der Waals surface area contributed by atoms with Crippen molar-refractivity contribution in [3.8, 4) is 0 Å². The van der Waals surface area contributed by atoms with Crippen molar-refractivity contribution in [2.45, 2.75) is 44.6 Å². The summed E-state index contributed by atoms with van der Waals surface area (Å²) in [5.41, 5.74) is 6.97. The Morgan fingerprint density at radius 1 is 1.30 bits per heavy atom. The Bertz CT molecular complexity index is 442. The van der Waals surface area contributed by atoms with E-state index in [1.165, 1.54) is 0 Å². The van der Waals surface area contributed by atoms with Gasteiger partial charge in [0, 0.05) is 19.0 Å². The summed E-state index contributed by atoms with van der Waals surface area (Å²) >= 11 is 5.85. The molecule has 20 heavy (non-hydrogen) atoms. The molecule has 0 aliphatic carbocycles. The van der Waals surface area contributed by atoms with Gasteiger partial charge >= 0.3 is 5.97 Å². The molecule has 0 aliphatic rings. The number of hydrogen-bond donors (Lipinski definition) is 1. The number of rotatable bonds is 6. The predicted octanol–water partition coefficient (Wildman–Crippen LogP) is 3.65. The minimum atomic E-state index is -1.19. The van der Waals surface area contributed by atoms with Crippen molar-refractivity contribution >= 4 is 25.6 Å². The van der Waals surface area contributed by atoms with Crippen LogP contribution in [0.5, 0.6) is 0 Å². The SMILES string of the molecule is C[C@H](c1ccc(Cl)cc1)[C@@H](N)C(=O)OCC[Si](C)(C)C. The highest BCUT2D eigenvalue weighted by Crippen LogP contribution is 2.21. The van der Waals surface area contributed by atoms with Crippen LogP contribution < -0.4 is 5.73 Å². The molecule has 5 heteroatoms. The van der Waals surface area contributed by atoms with Gasteiger partial charge in [-0.15, -0.1) is 0 Å². The van der Waals surface area contributed by atoms with Crippen LogP contribution in [0.1, 0.15) is 18.4 Å². The van der Waals surface area contributed by atoms with E-state index < -0.39 is 14.1 Å². The predicted molar refractivity (Wildman–Crippen MR) is 87.0 cm³/mol. The van der Waals surface area contributed by atoms with E-state index in [9.17, 15) is 4.79 Å². The number of carbonyl (C=O) groups excluding carboxylic acids is 1. The van der Waals surface area contributed by atoms with Gasteiger partial charge in [0.2, 0.25) is 0 Å². The fraction of sp³-hybridized carbons (Fsp3) is 0.533. The average molecular weight is 314 g/mol. The average Bonchev–Trinajstić information content (AvgIpc) is 2.36. The largest absolute Gasteiger partial charge is 0.465 e. The number of ether oxygens (including phenoxy) is 1. The van der Waals surface area contributed by atoms with E-state index in [4.69, 9.17) is 22.1 Å². The summed E-state index contributed by atoms with van der Waals surface area (Å²) in [6.45, 7) is 9.13. The van der Waals surface area contributed by atoms with Crippen LogP contribution in [-0.4, -0.2) is 26.7 Å². The molecule has 0 saturated heterocycles. The maximum atomic E-state index is 12.0. The Morgan fingerprint density at radius 3 is 2.35 bits per heavy atom. The van der Waals surface area contributed by atoms with Crippen LogP contribution in [0, 0.1) is 0 Å². The van der Waals surface area contributed by atoms with E-state index in [1.807, 2.05) is 19.1 Å². The highest BCUT2D eigenvalue weighted by atomic mass is 35.5. The lowest BCUT2D eigenvalue weighted by atomic mass is 9.94. The third-order valence-electron chi connectivity index (χ3n) is 3.30. The Hall–Kier alpha value is -0.843. The lowest BCUT2D eigenvalue weighted by Gasteiger charge is -2.20. The van der Waals surface area contributed by atoms with Gasteiger partial charge in [-0.2, -0.15) is 0 Å². The van der Waals surface area contributed by atoms with Gasteiger partial charge in [0.15, 0.2) is 0 Å². The zero-order valence-electron chi connectivity index (χ0n) is 12.7. The summed E-state index contributed by atoms with van der Waals surface area (Å²) in [6, 6.07) is 7.70. The van der Waals surface area contributed by atoms with Gasteiger partial charge < -0.3 is 10.5 Å². The quantitative estimate of drug-likeness (QED) is 0.644. The molecule has 1 rings (SSSR count). The van der Waals surface area contributed by atoms with Crippen LogP contribution in [0.25, 0.3) is 0 Å². The van der Waals surface area contributed by atoms with Crippen LogP contribution in [0.15, 0.2) is 24.3 Å². The number of esters is 1. The summed E-state index contributed by atoms with van der Waals surface area (Å²) < 4.78 is 5.29. The van der Waals surface area contributed by atoms with Crippen molar-refractivity contribution in [2.24, 2.45) is 5.73 Å². The Morgan fingerprint density at radius 2 is 1.85 bits per heavy atom. The number of benzene rings is 1. The highest BCUT2D eigenvalue weighted by Gasteiger charge is 2.24. The molecule has 0 spiro atoms. The second-order valence-electron chi connectivity index (χ2n) is 6.34. The van der Waals surface area contributed by atoms with Gasteiger partial charge in [0.1, 0.15) is 6.04 Å². The van der Waals surface area contributed by atoms with Gasteiger partial charge in [-0.1, -0.05) is 50.3 Å². The molecule has 0 amide bonds. The zero-order chi connectivity index (χ0) is 15.3. The molecule has 1 aromatic carbocycles. The first-order valence-electron chi connectivity index (χ1n) is 6.88. The number of hydrogen-bond acceptors (Lipinski definition) is 3. The van der Waals surface area contributed by atoms with E-state index >= 15 is 0 Å². The fourth-order valence-electron chi connectivity index (χ4n) is 1.73. The van der Waals surface area contributed by atoms with E-state index in [0.717, 1.165) is 11.6 Å². The first kappa shape index (κ1) is 17.2. The maximum absolute atomic E-state index is 12.0.